The monoisotopic (exact) mass is 174 g/mol. The van der Waals surface area contributed by atoms with Crippen molar-refractivity contribution in [3.8, 4) is 5.75 Å². The number of phenolic OH excluding ortho intramolecular Hbond substituents is 1. The molecule has 1 rings (SSSR count). The molecule has 0 amide bonds. The largest absolute Gasteiger partial charge is 0.508 e. The van der Waals surface area contributed by atoms with Gasteiger partial charge in [-0.2, -0.15) is 0 Å². The van der Waals surface area contributed by atoms with E-state index in [0.29, 0.717) is 5.46 Å². The van der Waals surface area contributed by atoms with Gasteiger partial charge in [-0.15, -0.1) is 0 Å². The van der Waals surface area contributed by atoms with Crippen LogP contribution in [0.1, 0.15) is 31.9 Å². The van der Waals surface area contributed by atoms with Gasteiger partial charge in [0.05, 0.1) is 0 Å². The molecule has 0 unspecified atom stereocenters. The number of hydrogen-bond acceptors (Lipinski definition) is 1. The van der Waals surface area contributed by atoms with E-state index in [1.54, 1.807) is 0 Å². The maximum Gasteiger partial charge on any atom is 0.119 e. The van der Waals surface area contributed by atoms with Crippen LogP contribution in [-0.4, -0.2) is 13.0 Å². The maximum absolute atomic E-state index is 9.47. The van der Waals surface area contributed by atoms with E-state index in [-0.39, 0.29) is 11.2 Å². The highest BCUT2D eigenvalue weighted by Gasteiger charge is 2.15. The summed E-state index contributed by atoms with van der Waals surface area (Å²) in [4.78, 5) is 0. The fourth-order valence-corrected chi connectivity index (χ4v) is 1.24. The van der Waals surface area contributed by atoms with Crippen LogP contribution in [0.4, 0.5) is 0 Å². The van der Waals surface area contributed by atoms with Crippen LogP contribution >= 0.6 is 0 Å². The van der Waals surface area contributed by atoms with Crippen molar-refractivity contribution in [2.45, 2.75) is 33.1 Å². The first-order valence-electron chi connectivity index (χ1n) is 4.42. The SMILES string of the molecule is [B]c1cc(C(C)(C)C)cc(C)c1O. The lowest BCUT2D eigenvalue weighted by Gasteiger charge is -2.21. The Balaban J connectivity index is 3.29. The van der Waals surface area contributed by atoms with E-state index in [0.717, 1.165) is 11.1 Å². The molecule has 1 aromatic rings. The van der Waals surface area contributed by atoms with E-state index in [9.17, 15) is 5.11 Å². The third-order valence-corrected chi connectivity index (χ3v) is 2.20. The van der Waals surface area contributed by atoms with Crippen LogP contribution in [0.15, 0.2) is 12.1 Å². The van der Waals surface area contributed by atoms with E-state index in [2.05, 4.69) is 20.8 Å². The summed E-state index contributed by atoms with van der Waals surface area (Å²) in [7, 11) is 5.67. The predicted molar refractivity (Wildman–Crippen MR) is 56.9 cm³/mol. The van der Waals surface area contributed by atoms with Gasteiger partial charge in [0.15, 0.2) is 0 Å². The van der Waals surface area contributed by atoms with Gasteiger partial charge in [-0.05, 0) is 23.5 Å². The molecule has 1 nitrogen and oxygen atoms in total. The highest BCUT2D eigenvalue weighted by molar-refractivity contribution is 6.34. The molecule has 0 spiro atoms. The zero-order chi connectivity index (χ0) is 10.2. The molecule has 0 aliphatic heterocycles. The fourth-order valence-electron chi connectivity index (χ4n) is 1.24. The Labute approximate surface area is 81.2 Å². The number of phenols is 1. The van der Waals surface area contributed by atoms with Gasteiger partial charge in [0.1, 0.15) is 13.6 Å². The summed E-state index contributed by atoms with van der Waals surface area (Å²) < 4.78 is 0. The smallest absolute Gasteiger partial charge is 0.119 e. The minimum Gasteiger partial charge on any atom is -0.508 e. The van der Waals surface area contributed by atoms with E-state index >= 15 is 0 Å². The molecule has 68 valence electrons. The highest BCUT2D eigenvalue weighted by atomic mass is 16.3. The second kappa shape index (κ2) is 3.10. The number of aromatic hydroxyl groups is 1. The Bertz CT molecular complexity index is 300. The van der Waals surface area contributed by atoms with Crippen LogP contribution in [0.2, 0.25) is 0 Å². The van der Waals surface area contributed by atoms with Crippen molar-refractivity contribution in [3.05, 3.63) is 23.3 Å². The minimum atomic E-state index is 0.0760. The number of benzene rings is 1. The molecule has 0 atom stereocenters. The lowest BCUT2D eigenvalue weighted by Crippen LogP contribution is -2.16. The lowest BCUT2D eigenvalue weighted by atomic mass is 9.81. The molecule has 0 saturated heterocycles. The van der Waals surface area contributed by atoms with Crippen LogP contribution in [-0.2, 0) is 5.41 Å². The van der Waals surface area contributed by atoms with Crippen LogP contribution in [0.25, 0.3) is 0 Å². The summed E-state index contributed by atoms with van der Waals surface area (Å²) in [6, 6.07) is 3.81. The molecule has 0 saturated carbocycles. The quantitative estimate of drug-likeness (QED) is 0.594. The zero-order valence-corrected chi connectivity index (χ0v) is 8.68. The molecule has 13 heavy (non-hydrogen) atoms. The minimum absolute atomic E-state index is 0.0760. The Kier molecular flexibility index (Phi) is 2.42. The summed E-state index contributed by atoms with van der Waals surface area (Å²) in [6.45, 7) is 8.23. The van der Waals surface area contributed by atoms with Crippen molar-refractivity contribution < 1.29 is 5.11 Å². The molecule has 1 aromatic carbocycles. The maximum atomic E-state index is 9.47. The molecule has 2 heteroatoms. The van der Waals surface area contributed by atoms with E-state index in [1.807, 2.05) is 19.1 Å². The van der Waals surface area contributed by atoms with Crippen LogP contribution in [0, 0.1) is 6.92 Å². The van der Waals surface area contributed by atoms with Crippen molar-refractivity contribution in [2.24, 2.45) is 0 Å². The van der Waals surface area contributed by atoms with Gasteiger partial charge >= 0.3 is 0 Å². The normalized spacial score (nSPS) is 11.7. The Hall–Kier alpha value is -0.915. The topological polar surface area (TPSA) is 20.2 Å². The third kappa shape index (κ3) is 2.06. The number of aryl methyl sites for hydroxylation is 1. The molecule has 0 bridgehead atoms. The first kappa shape index (κ1) is 10.2. The van der Waals surface area contributed by atoms with Crippen molar-refractivity contribution in [3.63, 3.8) is 0 Å². The molecule has 2 radical (unpaired) electrons. The Morgan fingerprint density at radius 2 is 1.77 bits per heavy atom. The van der Waals surface area contributed by atoms with Gasteiger partial charge < -0.3 is 5.11 Å². The lowest BCUT2D eigenvalue weighted by molar-refractivity contribution is 0.474. The molecular weight excluding hydrogens is 159 g/mol. The van der Waals surface area contributed by atoms with E-state index in [1.165, 1.54) is 0 Å². The zero-order valence-electron chi connectivity index (χ0n) is 8.68. The average molecular weight is 174 g/mol. The predicted octanol–water partition coefficient (Wildman–Crippen LogP) is 1.79. The second-order valence-electron chi connectivity index (χ2n) is 4.48. The Morgan fingerprint density at radius 3 is 2.15 bits per heavy atom. The number of hydrogen-bond donors (Lipinski definition) is 1. The summed E-state index contributed by atoms with van der Waals surface area (Å²) in [6.07, 6.45) is 0. The van der Waals surface area contributed by atoms with Crippen molar-refractivity contribution in [1.29, 1.82) is 0 Å². The molecular formula is C11H15BO. The summed E-state index contributed by atoms with van der Waals surface area (Å²) in [5.74, 6) is 0.202. The summed E-state index contributed by atoms with van der Waals surface area (Å²) in [5, 5.41) is 9.47. The fraction of sp³-hybridized carbons (Fsp3) is 0.455. The number of rotatable bonds is 0. The third-order valence-electron chi connectivity index (χ3n) is 2.20. The van der Waals surface area contributed by atoms with Crippen LogP contribution in [0.5, 0.6) is 5.75 Å². The average Bonchev–Trinajstić information content (AvgIpc) is 1.97. The molecule has 0 aromatic heterocycles. The van der Waals surface area contributed by atoms with Gasteiger partial charge in [0.2, 0.25) is 0 Å². The highest BCUT2D eigenvalue weighted by Crippen LogP contribution is 2.25. The molecule has 0 aliphatic rings. The first-order chi connectivity index (χ1) is 5.82. The van der Waals surface area contributed by atoms with Crippen LogP contribution < -0.4 is 5.46 Å². The van der Waals surface area contributed by atoms with Crippen LogP contribution in [0.3, 0.4) is 0 Å². The molecule has 0 fully saturated rings. The van der Waals surface area contributed by atoms with Gasteiger partial charge in [0, 0.05) is 0 Å². The Morgan fingerprint density at radius 1 is 1.23 bits per heavy atom. The summed E-state index contributed by atoms with van der Waals surface area (Å²) >= 11 is 0. The van der Waals surface area contributed by atoms with E-state index in [4.69, 9.17) is 7.85 Å². The van der Waals surface area contributed by atoms with Gasteiger partial charge in [-0.3, -0.25) is 0 Å². The van der Waals surface area contributed by atoms with Crippen molar-refractivity contribution >= 4 is 13.3 Å². The van der Waals surface area contributed by atoms with E-state index < -0.39 is 0 Å². The van der Waals surface area contributed by atoms with Gasteiger partial charge in [-0.1, -0.05) is 38.4 Å². The summed E-state index contributed by atoms with van der Waals surface area (Å²) in [5.41, 5.74) is 2.53. The van der Waals surface area contributed by atoms with Crippen molar-refractivity contribution in [2.75, 3.05) is 0 Å². The first-order valence-corrected chi connectivity index (χ1v) is 4.42. The standard InChI is InChI=1S/C11H15BO/c1-7-5-8(11(2,3)4)6-9(12)10(7)13/h5-6,13H,1-4H3. The van der Waals surface area contributed by atoms with Gasteiger partial charge in [0.25, 0.3) is 0 Å². The van der Waals surface area contributed by atoms with Crippen molar-refractivity contribution in [1.82, 2.24) is 0 Å². The second-order valence-corrected chi connectivity index (χ2v) is 4.48. The molecule has 0 heterocycles. The van der Waals surface area contributed by atoms with Gasteiger partial charge in [-0.25, -0.2) is 0 Å². The molecule has 1 N–H and O–H groups in total. The molecule has 0 aliphatic carbocycles.